The van der Waals surface area contributed by atoms with Gasteiger partial charge in [0.2, 0.25) is 0 Å². The van der Waals surface area contributed by atoms with Crippen LogP contribution in [0.3, 0.4) is 0 Å². The van der Waals surface area contributed by atoms with E-state index in [2.05, 4.69) is 40.9 Å². The lowest BCUT2D eigenvalue weighted by Gasteiger charge is -2.30. The summed E-state index contributed by atoms with van der Waals surface area (Å²) in [4.78, 5) is 6.63. The molecule has 0 saturated heterocycles. The molecular formula is C21H30N6. The zero-order valence-electron chi connectivity index (χ0n) is 16.6. The largest absolute Gasteiger partial charge is 0.397 e. The average Bonchev–Trinajstić information content (AvgIpc) is 3.04. The number of hydrogen-bond donors (Lipinski definition) is 2. The summed E-state index contributed by atoms with van der Waals surface area (Å²) in [6.07, 6.45) is 11.2. The standard InChI is InChI=1S/C21H30N6/c1-26(2)13-16-6-4-15(5-7-16)10-19-20(22)18(12-24-21(19)23)9-8-17-11-25-27(3)14-17/h11-12,14-16H,4-7,10,13H2,1-3H3,(H4,22,23,24). The molecule has 0 radical (unpaired) electrons. The zero-order valence-corrected chi connectivity index (χ0v) is 16.6. The lowest BCUT2D eigenvalue weighted by molar-refractivity contribution is 0.222. The molecule has 1 saturated carbocycles. The maximum atomic E-state index is 6.41. The molecule has 0 aromatic carbocycles. The van der Waals surface area contributed by atoms with Gasteiger partial charge in [0.15, 0.2) is 0 Å². The summed E-state index contributed by atoms with van der Waals surface area (Å²) in [5.74, 6) is 8.19. The van der Waals surface area contributed by atoms with Crippen LogP contribution in [0.5, 0.6) is 0 Å². The van der Waals surface area contributed by atoms with Crippen LogP contribution in [0.25, 0.3) is 0 Å². The van der Waals surface area contributed by atoms with Gasteiger partial charge in [-0.1, -0.05) is 11.8 Å². The molecule has 144 valence electrons. The smallest absolute Gasteiger partial charge is 0.128 e. The van der Waals surface area contributed by atoms with E-state index >= 15 is 0 Å². The first-order valence-corrected chi connectivity index (χ1v) is 9.60. The quantitative estimate of drug-likeness (QED) is 0.811. The Morgan fingerprint density at radius 3 is 2.44 bits per heavy atom. The van der Waals surface area contributed by atoms with Crippen molar-refractivity contribution in [2.45, 2.75) is 32.1 Å². The van der Waals surface area contributed by atoms with Gasteiger partial charge in [0, 0.05) is 31.5 Å². The molecule has 2 aromatic rings. The van der Waals surface area contributed by atoms with Crippen molar-refractivity contribution in [2.24, 2.45) is 18.9 Å². The molecule has 6 heteroatoms. The predicted molar refractivity (Wildman–Crippen MR) is 110 cm³/mol. The number of anilines is 2. The molecule has 1 fully saturated rings. The number of hydrogen-bond acceptors (Lipinski definition) is 5. The fourth-order valence-electron chi connectivity index (χ4n) is 3.94. The van der Waals surface area contributed by atoms with Gasteiger partial charge in [0.1, 0.15) is 5.82 Å². The van der Waals surface area contributed by atoms with Gasteiger partial charge in [-0.25, -0.2) is 4.98 Å². The van der Waals surface area contributed by atoms with Crippen molar-refractivity contribution < 1.29 is 0 Å². The fourth-order valence-corrected chi connectivity index (χ4v) is 3.94. The van der Waals surface area contributed by atoms with Gasteiger partial charge >= 0.3 is 0 Å². The molecule has 0 bridgehead atoms. The van der Waals surface area contributed by atoms with E-state index in [0.717, 1.165) is 29.0 Å². The number of aromatic nitrogens is 3. The Morgan fingerprint density at radius 2 is 1.81 bits per heavy atom. The average molecular weight is 367 g/mol. The maximum Gasteiger partial charge on any atom is 0.128 e. The summed E-state index contributed by atoms with van der Waals surface area (Å²) in [7, 11) is 6.17. The highest BCUT2D eigenvalue weighted by molar-refractivity contribution is 5.66. The Morgan fingerprint density at radius 1 is 1.11 bits per heavy atom. The third-order valence-electron chi connectivity index (χ3n) is 5.39. The van der Waals surface area contributed by atoms with E-state index in [9.17, 15) is 0 Å². The topological polar surface area (TPSA) is 86.0 Å². The third kappa shape index (κ3) is 5.01. The number of rotatable bonds is 4. The van der Waals surface area contributed by atoms with Crippen LogP contribution < -0.4 is 11.5 Å². The van der Waals surface area contributed by atoms with Crippen molar-refractivity contribution in [3.8, 4) is 11.8 Å². The molecule has 1 aliphatic rings. The summed E-state index contributed by atoms with van der Waals surface area (Å²) in [5.41, 5.74) is 15.8. The molecule has 6 nitrogen and oxygen atoms in total. The van der Waals surface area contributed by atoms with Crippen molar-refractivity contribution in [2.75, 3.05) is 32.1 Å². The lowest BCUT2D eigenvalue weighted by atomic mass is 9.79. The monoisotopic (exact) mass is 366 g/mol. The van der Waals surface area contributed by atoms with Crippen LogP contribution in [0.2, 0.25) is 0 Å². The molecular weight excluding hydrogens is 336 g/mol. The molecule has 0 spiro atoms. The number of aryl methyl sites for hydroxylation is 1. The SMILES string of the molecule is CN(C)CC1CCC(Cc2c(N)ncc(C#Cc3cnn(C)c3)c2N)CC1. The second kappa shape index (κ2) is 8.45. The summed E-state index contributed by atoms with van der Waals surface area (Å²) < 4.78 is 1.73. The van der Waals surface area contributed by atoms with Crippen LogP contribution in [-0.4, -0.2) is 40.3 Å². The van der Waals surface area contributed by atoms with E-state index < -0.39 is 0 Å². The molecule has 2 heterocycles. The second-order valence-corrected chi connectivity index (χ2v) is 7.96. The first-order chi connectivity index (χ1) is 12.9. The molecule has 3 rings (SSSR count). The molecule has 0 atom stereocenters. The Kier molecular flexibility index (Phi) is 6.02. The summed E-state index contributed by atoms with van der Waals surface area (Å²) in [5, 5.41) is 4.13. The van der Waals surface area contributed by atoms with Crippen LogP contribution in [0, 0.1) is 23.7 Å². The van der Waals surface area contributed by atoms with Crippen molar-refractivity contribution in [1.82, 2.24) is 19.7 Å². The fraction of sp³-hybridized carbons (Fsp3) is 0.524. The molecule has 0 unspecified atom stereocenters. The van der Waals surface area contributed by atoms with E-state index in [4.69, 9.17) is 11.5 Å². The third-order valence-corrected chi connectivity index (χ3v) is 5.39. The normalized spacial score (nSPS) is 19.7. The summed E-state index contributed by atoms with van der Waals surface area (Å²) in [6.45, 7) is 1.18. The highest BCUT2D eigenvalue weighted by Crippen LogP contribution is 2.34. The number of nitrogens with two attached hydrogens (primary N) is 2. The van der Waals surface area contributed by atoms with Gasteiger partial charge in [0.05, 0.1) is 23.0 Å². The van der Waals surface area contributed by atoms with Crippen LogP contribution in [0.1, 0.15) is 42.4 Å². The van der Waals surface area contributed by atoms with Crippen molar-refractivity contribution >= 4 is 11.5 Å². The van der Waals surface area contributed by atoms with Gasteiger partial charge in [-0.3, -0.25) is 4.68 Å². The second-order valence-electron chi connectivity index (χ2n) is 7.96. The first kappa shape index (κ1) is 19.2. The van der Waals surface area contributed by atoms with Gasteiger partial charge in [-0.05, 0) is 58.0 Å². The molecule has 2 aromatic heterocycles. The summed E-state index contributed by atoms with van der Waals surface area (Å²) in [6, 6.07) is 0. The Balaban J connectivity index is 1.70. The summed E-state index contributed by atoms with van der Waals surface area (Å²) >= 11 is 0. The van der Waals surface area contributed by atoms with E-state index in [1.165, 1.54) is 32.2 Å². The van der Waals surface area contributed by atoms with Crippen LogP contribution >= 0.6 is 0 Å². The number of nitrogen functional groups attached to an aromatic ring is 2. The van der Waals surface area contributed by atoms with Gasteiger partial charge in [-0.15, -0.1) is 0 Å². The van der Waals surface area contributed by atoms with Gasteiger partial charge < -0.3 is 16.4 Å². The minimum Gasteiger partial charge on any atom is -0.397 e. The Hall–Kier alpha value is -2.52. The number of pyridine rings is 1. The van der Waals surface area contributed by atoms with Gasteiger partial charge in [0.25, 0.3) is 0 Å². The highest BCUT2D eigenvalue weighted by Gasteiger charge is 2.23. The van der Waals surface area contributed by atoms with Gasteiger partial charge in [-0.2, -0.15) is 5.10 Å². The van der Waals surface area contributed by atoms with Crippen LogP contribution in [0.15, 0.2) is 18.6 Å². The van der Waals surface area contributed by atoms with Crippen LogP contribution in [0.4, 0.5) is 11.5 Å². The van der Waals surface area contributed by atoms with E-state index in [0.29, 0.717) is 17.4 Å². The highest BCUT2D eigenvalue weighted by atomic mass is 15.2. The van der Waals surface area contributed by atoms with E-state index in [-0.39, 0.29) is 0 Å². The molecule has 27 heavy (non-hydrogen) atoms. The minimum absolute atomic E-state index is 0.537. The lowest BCUT2D eigenvalue weighted by Crippen LogP contribution is -2.26. The predicted octanol–water partition coefficient (Wildman–Crippen LogP) is 2.29. The molecule has 0 aliphatic heterocycles. The Bertz CT molecular complexity index is 834. The molecule has 4 N–H and O–H groups in total. The van der Waals surface area contributed by atoms with E-state index in [1.54, 1.807) is 17.1 Å². The first-order valence-electron chi connectivity index (χ1n) is 9.60. The molecule has 1 aliphatic carbocycles. The number of nitrogens with zero attached hydrogens (tertiary/aromatic N) is 4. The van der Waals surface area contributed by atoms with E-state index in [1.807, 2.05) is 13.2 Å². The van der Waals surface area contributed by atoms with Crippen LogP contribution in [-0.2, 0) is 13.5 Å². The maximum absolute atomic E-state index is 6.41. The zero-order chi connectivity index (χ0) is 19.4. The minimum atomic E-state index is 0.537. The Labute approximate surface area is 161 Å². The van der Waals surface area contributed by atoms with Crippen molar-refractivity contribution in [3.05, 3.63) is 35.3 Å². The van der Waals surface area contributed by atoms with Crippen molar-refractivity contribution in [3.63, 3.8) is 0 Å². The molecule has 0 amide bonds. The van der Waals surface area contributed by atoms with Crippen molar-refractivity contribution in [1.29, 1.82) is 0 Å².